The average molecular weight is 215 g/mol. The predicted molar refractivity (Wildman–Crippen MR) is 61.3 cm³/mol. The number of allylic oxidation sites excluding steroid dienone is 1. The number of nitrogens with zero attached hydrogens (tertiary/aromatic N) is 4. The Bertz CT molecular complexity index is 474. The van der Waals surface area contributed by atoms with Gasteiger partial charge >= 0.3 is 0 Å². The van der Waals surface area contributed by atoms with E-state index in [4.69, 9.17) is 5.73 Å². The molecule has 0 saturated carbocycles. The lowest BCUT2D eigenvalue weighted by Crippen LogP contribution is -2.03. The molecular formula is C11H13N5. The normalized spacial score (nSPS) is 10.3. The molecule has 0 bridgehead atoms. The van der Waals surface area contributed by atoms with Crippen LogP contribution >= 0.6 is 0 Å². The molecule has 0 unspecified atom stereocenters. The number of nitrogens with two attached hydrogens (primary N) is 1. The zero-order chi connectivity index (χ0) is 11.4. The van der Waals surface area contributed by atoms with E-state index in [1.54, 1.807) is 23.2 Å². The van der Waals surface area contributed by atoms with Crippen molar-refractivity contribution in [1.29, 1.82) is 0 Å². The fourth-order valence-electron chi connectivity index (χ4n) is 1.56. The number of aromatic nitrogens is 4. The van der Waals surface area contributed by atoms with E-state index in [0.717, 1.165) is 17.0 Å². The Morgan fingerprint density at radius 2 is 2.38 bits per heavy atom. The number of rotatable bonds is 4. The minimum absolute atomic E-state index is 0.362. The third-order valence-corrected chi connectivity index (χ3v) is 2.24. The van der Waals surface area contributed by atoms with Crippen molar-refractivity contribution in [3.8, 4) is 11.3 Å². The second kappa shape index (κ2) is 4.67. The van der Waals surface area contributed by atoms with Gasteiger partial charge in [0.2, 0.25) is 0 Å². The topological polar surface area (TPSA) is 69.6 Å². The summed E-state index contributed by atoms with van der Waals surface area (Å²) in [5.74, 6) is 0. The first-order chi connectivity index (χ1) is 7.86. The third kappa shape index (κ3) is 1.85. The van der Waals surface area contributed by atoms with Crippen molar-refractivity contribution >= 4 is 0 Å². The molecule has 0 saturated heterocycles. The molecule has 2 rings (SSSR count). The first-order valence-electron chi connectivity index (χ1n) is 5.00. The minimum Gasteiger partial charge on any atom is -0.325 e. The van der Waals surface area contributed by atoms with Crippen LogP contribution in [0.3, 0.4) is 0 Å². The Hall–Kier alpha value is -2.01. The van der Waals surface area contributed by atoms with Crippen LogP contribution in [0.2, 0.25) is 0 Å². The van der Waals surface area contributed by atoms with Crippen LogP contribution < -0.4 is 5.73 Å². The molecule has 0 aliphatic heterocycles. The van der Waals surface area contributed by atoms with Gasteiger partial charge in [-0.05, 0) is 12.1 Å². The molecule has 5 heteroatoms. The summed E-state index contributed by atoms with van der Waals surface area (Å²) in [7, 11) is 0. The number of pyridine rings is 1. The van der Waals surface area contributed by atoms with Gasteiger partial charge in [0.1, 0.15) is 5.69 Å². The summed E-state index contributed by atoms with van der Waals surface area (Å²) < 4.78 is 1.77. The molecule has 2 N–H and O–H groups in total. The molecule has 0 radical (unpaired) electrons. The first-order valence-corrected chi connectivity index (χ1v) is 5.00. The van der Waals surface area contributed by atoms with Gasteiger partial charge in [-0.25, -0.2) is 4.68 Å². The SMILES string of the molecule is C=CCn1nnc(CN)c1-c1cccnc1. The lowest BCUT2D eigenvalue weighted by atomic mass is 10.1. The molecule has 2 aromatic heterocycles. The summed E-state index contributed by atoms with van der Waals surface area (Å²) in [6.45, 7) is 4.66. The van der Waals surface area contributed by atoms with Crippen LogP contribution in [0.4, 0.5) is 0 Å². The van der Waals surface area contributed by atoms with E-state index in [-0.39, 0.29) is 0 Å². The van der Waals surface area contributed by atoms with Crippen molar-refractivity contribution in [3.05, 3.63) is 42.9 Å². The van der Waals surface area contributed by atoms with Gasteiger partial charge in [-0.15, -0.1) is 11.7 Å². The monoisotopic (exact) mass is 215 g/mol. The minimum atomic E-state index is 0.362. The van der Waals surface area contributed by atoms with Crippen LogP contribution in [-0.4, -0.2) is 20.0 Å². The van der Waals surface area contributed by atoms with Crippen molar-refractivity contribution in [2.24, 2.45) is 5.73 Å². The molecule has 0 atom stereocenters. The van der Waals surface area contributed by atoms with Crippen LogP contribution in [0.15, 0.2) is 37.2 Å². The summed E-state index contributed by atoms with van der Waals surface area (Å²) in [5.41, 5.74) is 8.29. The fourth-order valence-corrected chi connectivity index (χ4v) is 1.56. The van der Waals surface area contributed by atoms with Gasteiger partial charge in [-0.3, -0.25) is 4.98 Å². The first kappa shape index (κ1) is 10.5. The van der Waals surface area contributed by atoms with E-state index in [1.165, 1.54) is 0 Å². The predicted octanol–water partition coefficient (Wildman–Crippen LogP) is 0.985. The van der Waals surface area contributed by atoms with E-state index >= 15 is 0 Å². The van der Waals surface area contributed by atoms with Crippen molar-refractivity contribution < 1.29 is 0 Å². The summed E-state index contributed by atoms with van der Waals surface area (Å²) in [6, 6.07) is 3.84. The van der Waals surface area contributed by atoms with Gasteiger partial charge in [0.25, 0.3) is 0 Å². The molecule has 0 amide bonds. The molecule has 5 nitrogen and oxygen atoms in total. The van der Waals surface area contributed by atoms with Gasteiger partial charge in [-0.2, -0.15) is 0 Å². The number of hydrogen-bond donors (Lipinski definition) is 1. The average Bonchev–Trinajstić information content (AvgIpc) is 2.74. The lowest BCUT2D eigenvalue weighted by molar-refractivity contribution is 0.667. The molecule has 2 heterocycles. The van der Waals surface area contributed by atoms with Crippen molar-refractivity contribution in [2.75, 3.05) is 0 Å². The lowest BCUT2D eigenvalue weighted by Gasteiger charge is -2.04. The van der Waals surface area contributed by atoms with E-state index in [0.29, 0.717) is 13.1 Å². The molecule has 0 aliphatic carbocycles. The Labute approximate surface area is 93.6 Å². The van der Waals surface area contributed by atoms with E-state index in [9.17, 15) is 0 Å². The highest BCUT2D eigenvalue weighted by molar-refractivity contribution is 5.60. The van der Waals surface area contributed by atoms with Gasteiger partial charge in [-0.1, -0.05) is 11.3 Å². The highest BCUT2D eigenvalue weighted by atomic mass is 15.4. The van der Waals surface area contributed by atoms with Crippen LogP contribution in [0, 0.1) is 0 Å². The second-order valence-electron chi connectivity index (χ2n) is 3.30. The van der Waals surface area contributed by atoms with Gasteiger partial charge in [0.15, 0.2) is 0 Å². The molecule has 2 aromatic rings. The Kier molecular flexibility index (Phi) is 3.07. The van der Waals surface area contributed by atoms with E-state index < -0.39 is 0 Å². The zero-order valence-electron chi connectivity index (χ0n) is 8.87. The number of hydrogen-bond acceptors (Lipinski definition) is 4. The maximum atomic E-state index is 5.64. The standard InChI is InChI=1S/C11H13N5/c1-2-6-16-11(10(7-12)14-15-16)9-4-3-5-13-8-9/h2-5,8H,1,6-7,12H2. The summed E-state index contributed by atoms with van der Waals surface area (Å²) in [5, 5.41) is 8.08. The molecule has 0 aliphatic rings. The zero-order valence-corrected chi connectivity index (χ0v) is 8.87. The van der Waals surface area contributed by atoms with E-state index in [1.807, 2.05) is 12.1 Å². The van der Waals surface area contributed by atoms with Crippen LogP contribution in [-0.2, 0) is 13.1 Å². The molecule has 82 valence electrons. The molecular weight excluding hydrogens is 202 g/mol. The summed E-state index contributed by atoms with van der Waals surface area (Å²) in [6.07, 6.45) is 5.28. The Morgan fingerprint density at radius 3 is 3.00 bits per heavy atom. The summed E-state index contributed by atoms with van der Waals surface area (Å²) >= 11 is 0. The van der Waals surface area contributed by atoms with Crippen molar-refractivity contribution in [1.82, 2.24) is 20.0 Å². The summed E-state index contributed by atoms with van der Waals surface area (Å²) in [4.78, 5) is 4.08. The highest BCUT2D eigenvalue weighted by Gasteiger charge is 2.12. The molecule has 0 fully saturated rings. The van der Waals surface area contributed by atoms with E-state index in [2.05, 4.69) is 21.9 Å². The molecule has 0 aromatic carbocycles. The second-order valence-corrected chi connectivity index (χ2v) is 3.30. The van der Waals surface area contributed by atoms with Gasteiger partial charge in [0, 0.05) is 24.5 Å². The highest BCUT2D eigenvalue weighted by Crippen LogP contribution is 2.20. The maximum Gasteiger partial charge on any atom is 0.104 e. The van der Waals surface area contributed by atoms with Crippen molar-refractivity contribution in [2.45, 2.75) is 13.1 Å². The third-order valence-electron chi connectivity index (χ3n) is 2.24. The smallest absolute Gasteiger partial charge is 0.104 e. The molecule has 0 spiro atoms. The fraction of sp³-hybridized carbons (Fsp3) is 0.182. The van der Waals surface area contributed by atoms with Crippen LogP contribution in [0.25, 0.3) is 11.3 Å². The molecule has 16 heavy (non-hydrogen) atoms. The largest absolute Gasteiger partial charge is 0.325 e. The van der Waals surface area contributed by atoms with Crippen LogP contribution in [0.1, 0.15) is 5.69 Å². The van der Waals surface area contributed by atoms with Crippen LogP contribution in [0.5, 0.6) is 0 Å². The quantitative estimate of drug-likeness (QED) is 0.772. The maximum absolute atomic E-state index is 5.64. The van der Waals surface area contributed by atoms with Gasteiger partial charge in [0.05, 0.1) is 12.2 Å². The Morgan fingerprint density at radius 1 is 1.50 bits per heavy atom. The Balaban J connectivity index is 2.52. The van der Waals surface area contributed by atoms with Gasteiger partial charge < -0.3 is 5.73 Å². The van der Waals surface area contributed by atoms with Crippen molar-refractivity contribution in [3.63, 3.8) is 0 Å².